The summed E-state index contributed by atoms with van der Waals surface area (Å²) in [6, 6.07) is 16.1. The Morgan fingerprint density at radius 2 is 1.75 bits per heavy atom. The van der Waals surface area contributed by atoms with Crippen molar-refractivity contribution >= 4 is 55.4 Å². The smallest absolute Gasteiger partial charge is 0.340 e. The number of carbonyl (C=O) groups is 2. The lowest BCUT2D eigenvalue weighted by molar-refractivity contribution is -0.123. The van der Waals surface area contributed by atoms with E-state index in [0.29, 0.717) is 27.2 Å². The van der Waals surface area contributed by atoms with E-state index in [-0.39, 0.29) is 5.56 Å². The van der Waals surface area contributed by atoms with Gasteiger partial charge >= 0.3 is 5.97 Å². The number of nitrogens with one attached hydrogen (secondary N) is 1. The normalized spacial score (nSPS) is 11.9. The number of furan rings is 1. The molecule has 0 aliphatic heterocycles. The molecule has 1 amide bonds. The van der Waals surface area contributed by atoms with Gasteiger partial charge in [-0.25, -0.2) is 4.79 Å². The molecule has 1 unspecified atom stereocenters. The molecule has 0 radical (unpaired) electrons. The number of hydrogen-bond acceptors (Lipinski definition) is 6. The van der Waals surface area contributed by atoms with Crippen molar-refractivity contribution in [1.29, 1.82) is 0 Å². The van der Waals surface area contributed by atoms with Crippen LogP contribution in [0.5, 0.6) is 11.5 Å². The summed E-state index contributed by atoms with van der Waals surface area (Å²) in [6.45, 7) is 1.49. The van der Waals surface area contributed by atoms with Gasteiger partial charge in [0.25, 0.3) is 5.91 Å². The molecule has 164 valence electrons. The van der Waals surface area contributed by atoms with Gasteiger partial charge in [-0.05, 0) is 53.2 Å². The highest BCUT2D eigenvalue weighted by Crippen LogP contribution is 2.36. The zero-order chi connectivity index (χ0) is 22.8. The summed E-state index contributed by atoms with van der Waals surface area (Å²) in [4.78, 5) is 25.3. The molecule has 3 aromatic carbocycles. The minimum atomic E-state index is -1.06. The third kappa shape index (κ3) is 4.13. The molecular weight excluding hydrogens is 478 g/mol. The number of methoxy groups -OCH3 is 2. The largest absolute Gasteiger partial charge is 0.497 e. The molecule has 0 aliphatic rings. The summed E-state index contributed by atoms with van der Waals surface area (Å²) >= 11 is 3.31. The Hall–Kier alpha value is -3.52. The quantitative estimate of drug-likeness (QED) is 0.351. The van der Waals surface area contributed by atoms with Gasteiger partial charge in [0, 0.05) is 21.3 Å². The van der Waals surface area contributed by atoms with E-state index in [9.17, 15) is 9.59 Å². The molecule has 1 aromatic heterocycles. The molecule has 0 saturated carbocycles. The van der Waals surface area contributed by atoms with Crippen molar-refractivity contribution in [3.8, 4) is 11.5 Å². The molecule has 1 N–H and O–H groups in total. The SMILES string of the molecule is COc1ccc(Br)c(C(=O)OC(C)C(=O)Nc2cc3oc4ccccc4c3cc2OC)c1. The first-order valence-corrected chi connectivity index (χ1v) is 10.5. The average molecular weight is 498 g/mol. The molecule has 0 spiro atoms. The lowest BCUT2D eigenvalue weighted by Gasteiger charge is -2.16. The maximum Gasteiger partial charge on any atom is 0.340 e. The van der Waals surface area contributed by atoms with Crippen LogP contribution < -0.4 is 14.8 Å². The van der Waals surface area contributed by atoms with Crippen LogP contribution >= 0.6 is 15.9 Å². The number of fused-ring (bicyclic) bond motifs is 3. The van der Waals surface area contributed by atoms with Crippen molar-refractivity contribution in [2.24, 2.45) is 0 Å². The van der Waals surface area contributed by atoms with Gasteiger partial charge in [0.1, 0.15) is 22.7 Å². The second kappa shape index (κ2) is 8.92. The number of halogens is 1. The minimum Gasteiger partial charge on any atom is -0.497 e. The Morgan fingerprint density at radius 3 is 2.50 bits per heavy atom. The first-order valence-electron chi connectivity index (χ1n) is 9.76. The van der Waals surface area contributed by atoms with E-state index in [4.69, 9.17) is 18.6 Å². The Labute approximate surface area is 192 Å². The number of amides is 1. The number of carbonyl (C=O) groups excluding carboxylic acids is 2. The molecule has 0 aliphatic carbocycles. The van der Waals surface area contributed by atoms with Gasteiger partial charge in [-0.3, -0.25) is 4.79 Å². The summed E-state index contributed by atoms with van der Waals surface area (Å²) in [6.07, 6.45) is -1.06. The lowest BCUT2D eigenvalue weighted by atomic mass is 10.1. The number of hydrogen-bond donors (Lipinski definition) is 1. The van der Waals surface area contributed by atoms with Crippen molar-refractivity contribution in [1.82, 2.24) is 0 Å². The van der Waals surface area contributed by atoms with Gasteiger partial charge in [0.15, 0.2) is 6.10 Å². The summed E-state index contributed by atoms with van der Waals surface area (Å²) in [5.74, 6) is -0.197. The molecule has 0 bridgehead atoms. The van der Waals surface area contributed by atoms with E-state index in [1.165, 1.54) is 27.2 Å². The first kappa shape index (κ1) is 21.7. The number of anilines is 1. The van der Waals surface area contributed by atoms with Gasteiger partial charge in [0.2, 0.25) is 0 Å². The fraction of sp³-hybridized carbons (Fsp3) is 0.167. The summed E-state index contributed by atoms with van der Waals surface area (Å²) in [5, 5.41) is 4.58. The molecule has 0 saturated heterocycles. The molecule has 8 heteroatoms. The standard InChI is InChI=1S/C24H20BrNO6/c1-13(31-24(28)17-10-14(29-2)8-9-18(17)25)23(27)26-19-12-21-16(11-22(19)30-3)15-6-4-5-7-20(15)32-21/h4-13H,1-3H3,(H,26,27). The van der Waals surface area contributed by atoms with Gasteiger partial charge < -0.3 is 23.9 Å². The highest BCUT2D eigenvalue weighted by Gasteiger charge is 2.23. The van der Waals surface area contributed by atoms with Gasteiger partial charge in [-0.2, -0.15) is 0 Å². The fourth-order valence-corrected chi connectivity index (χ4v) is 3.73. The average Bonchev–Trinajstić information content (AvgIpc) is 3.15. The van der Waals surface area contributed by atoms with Crippen LogP contribution in [-0.2, 0) is 9.53 Å². The van der Waals surface area contributed by atoms with Crippen LogP contribution in [0.2, 0.25) is 0 Å². The van der Waals surface area contributed by atoms with Crippen LogP contribution in [0.15, 0.2) is 63.5 Å². The van der Waals surface area contributed by atoms with Crippen LogP contribution in [-0.4, -0.2) is 32.2 Å². The highest BCUT2D eigenvalue weighted by atomic mass is 79.9. The highest BCUT2D eigenvalue weighted by molar-refractivity contribution is 9.10. The Morgan fingerprint density at radius 1 is 0.969 bits per heavy atom. The third-order valence-corrected chi connectivity index (χ3v) is 5.69. The Bertz CT molecular complexity index is 1330. The maximum atomic E-state index is 12.8. The number of esters is 1. The fourth-order valence-electron chi connectivity index (χ4n) is 3.32. The lowest BCUT2D eigenvalue weighted by Crippen LogP contribution is -2.30. The summed E-state index contributed by atoms with van der Waals surface area (Å²) in [5.41, 5.74) is 2.01. The third-order valence-electron chi connectivity index (χ3n) is 5.00. The van der Waals surface area contributed by atoms with Crippen LogP contribution in [0.25, 0.3) is 21.9 Å². The van der Waals surface area contributed by atoms with E-state index >= 15 is 0 Å². The van der Waals surface area contributed by atoms with Crippen LogP contribution in [0.4, 0.5) is 5.69 Å². The Balaban J connectivity index is 1.55. The molecule has 7 nitrogen and oxygen atoms in total. The molecule has 32 heavy (non-hydrogen) atoms. The second-order valence-electron chi connectivity index (χ2n) is 7.03. The molecule has 1 heterocycles. The van der Waals surface area contributed by atoms with E-state index < -0.39 is 18.0 Å². The van der Waals surface area contributed by atoms with E-state index in [1.807, 2.05) is 24.3 Å². The zero-order valence-electron chi connectivity index (χ0n) is 17.6. The summed E-state index contributed by atoms with van der Waals surface area (Å²) < 4.78 is 22.4. The van der Waals surface area contributed by atoms with Crippen LogP contribution in [0, 0.1) is 0 Å². The molecule has 4 aromatic rings. The molecule has 1 atom stereocenters. The second-order valence-corrected chi connectivity index (χ2v) is 7.88. The number of benzene rings is 3. The molecule has 0 fully saturated rings. The van der Waals surface area contributed by atoms with Gasteiger partial charge in [-0.1, -0.05) is 18.2 Å². The van der Waals surface area contributed by atoms with Gasteiger partial charge in [0.05, 0.1) is 25.5 Å². The van der Waals surface area contributed by atoms with E-state index in [0.717, 1.165) is 16.4 Å². The molecular formula is C24H20BrNO6. The Kier molecular flexibility index (Phi) is 6.05. The molecule has 4 rings (SSSR count). The minimum absolute atomic E-state index is 0.255. The number of rotatable bonds is 6. The topological polar surface area (TPSA) is 87.0 Å². The maximum absolute atomic E-state index is 12.8. The van der Waals surface area contributed by atoms with Crippen molar-refractivity contribution in [3.63, 3.8) is 0 Å². The predicted molar refractivity (Wildman–Crippen MR) is 124 cm³/mol. The predicted octanol–water partition coefficient (Wildman–Crippen LogP) is 5.55. The monoisotopic (exact) mass is 497 g/mol. The van der Waals surface area contributed by atoms with E-state index in [2.05, 4.69) is 21.2 Å². The first-order chi connectivity index (χ1) is 15.4. The van der Waals surface area contributed by atoms with Gasteiger partial charge in [-0.15, -0.1) is 0 Å². The van der Waals surface area contributed by atoms with Crippen molar-refractivity contribution in [2.75, 3.05) is 19.5 Å². The van der Waals surface area contributed by atoms with E-state index in [1.54, 1.807) is 24.3 Å². The number of para-hydroxylation sites is 1. The number of ether oxygens (including phenoxy) is 3. The zero-order valence-corrected chi connectivity index (χ0v) is 19.2. The summed E-state index contributed by atoms with van der Waals surface area (Å²) in [7, 11) is 3.02. The van der Waals surface area contributed by atoms with Crippen molar-refractivity contribution in [3.05, 3.63) is 64.6 Å². The van der Waals surface area contributed by atoms with Crippen molar-refractivity contribution in [2.45, 2.75) is 13.0 Å². The van der Waals surface area contributed by atoms with Crippen molar-refractivity contribution < 1.29 is 28.2 Å². The van der Waals surface area contributed by atoms with Crippen LogP contribution in [0.3, 0.4) is 0 Å². The van der Waals surface area contributed by atoms with Crippen LogP contribution in [0.1, 0.15) is 17.3 Å².